The van der Waals surface area contributed by atoms with Crippen LogP contribution in [0.25, 0.3) is 0 Å². The molecule has 2 aromatic rings. The number of carbonyl (C=O) groups is 2. The lowest BCUT2D eigenvalue weighted by atomic mass is 10.2. The summed E-state index contributed by atoms with van der Waals surface area (Å²) in [5, 5.41) is 18.5. The molecule has 0 saturated heterocycles. The number of amides is 1. The third-order valence-electron chi connectivity index (χ3n) is 2.89. The number of carboxylic acids is 1. The van der Waals surface area contributed by atoms with Gasteiger partial charge in [0.05, 0.1) is 18.2 Å². The number of aromatic hydroxyl groups is 1. The molecule has 0 aliphatic rings. The van der Waals surface area contributed by atoms with Crippen LogP contribution in [0.15, 0.2) is 48.8 Å². The van der Waals surface area contributed by atoms with Crippen molar-refractivity contribution in [2.45, 2.75) is 6.42 Å². The lowest BCUT2D eigenvalue weighted by Gasteiger charge is -2.22. The van der Waals surface area contributed by atoms with E-state index in [4.69, 9.17) is 5.11 Å². The van der Waals surface area contributed by atoms with Crippen molar-refractivity contribution in [3.63, 3.8) is 0 Å². The molecule has 0 aliphatic carbocycles. The summed E-state index contributed by atoms with van der Waals surface area (Å²) >= 11 is 0. The minimum atomic E-state index is -0.998. The predicted octanol–water partition coefficient (Wildman–Crippen LogP) is 1.91. The Balaban J connectivity index is 2.33. The Bertz CT molecular complexity index is 643. The highest BCUT2D eigenvalue weighted by Gasteiger charge is 2.21. The van der Waals surface area contributed by atoms with Crippen LogP contribution in [0.4, 0.5) is 5.69 Å². The SMILES string of the molecule is O=C(O)CCN(C(=O)c1ccncc1O)c1ccccc1. The van der Waals surface area contributed by atoms with Crippen LogP contribution in [0.1, 0.15) is 16.8 Å². The molecule has 0 aliphatic heterocycles. The zero-order chi connectivity index (χ0) is 15.2. The van der Waals surface area contributed by atoms with E-state index in [0.717, 1.165) is 0 Å². The van der Waals surface area contributed by atoms with E-state index in [9.17, 15) is 14.7 Å². The molecule has 0 unspecified atom stereocenters. The van der Waals surface area contributed by atoms with Crippen LogP contribution in [-0.2, 0) is 4.79 Å². The second-order valence-electron chi connectivity index (χ2n) is 4.33. The summed E-state index contributed by atoms with van der Waals surface area (Å²) < 4.78 is 0. The molecule has 0 atom stereocenters. The lowest BCUT2D eigenvalue weighted by molar-refractivity contribution is -0.136. The number of para-hydroxylation sites is 1. The summed E-state index contributed by atoms with van der Waals surface area (Å²) in [5.74, 6) is -1.70. The van der Waals surface area contributed by atoms with Crippen LogP contribution >= 0.6 is 0 Å². The molecule has 108 valence electrons. The summed E-state index contributed by atoms with van der Waals surface area (Å²) in [7, 11) is 0. The van der Waals surface area contributed by atoms with E-state index in [1.165, 1.54) is 23.4 Å². The molecule has 6 heteroatoms. The summed E-state index contributed by atoms with van der Waals surface area (Å²) in [6.45, 7) is 0.0138. The van der Waals surface area contributed by atoms with Crippen LogP contribution < -0.4 is 4.90 Å². The molecule has 1 aromatic heterocycles. The second-order valence-corrected chi connectivity index (χ2v) is 4.33. The molecule has 0 fully saturated rings. The molecule has 0 saturated carbocycles. The number of pyridine rings is 1. The molecule has 0 spiro atoms. The lowest BCUT2D eigenvalue weighted by Crippen LogP contribution is -2.33. The molecule has 1 amide bonds. The smallest absolute Gasteiger partial charge is 0.305 e. The topological polar surface area (TPSA) is 90.7 Å². The molecule has 2 rings (SSSR count). The third-order valence-corrected chi connectivity index (χ3v) is 2.89. The van der Waals surface area contributed by atoms with Crippen LogP contribution in [0.3, 0.4) is 0 Å². The summed E-state index contributed by atoms with van der Waals surface area (Å²) in [4.78, 5) is 28.3. The molecular formula is C15H14N2O4. The first-order chi connectivity index (χ1) is 10.1. The third kappa shape index (κ3) is 3.56. The number of anilines is 1. The van der Waals surface area contributed by atoms with Crippen LogP contribution in [0, 0.1) is 0 Å². The van der Waals surface area contributed by atoms with Gasteiger partial charge in [0.15, 0.2) is 0 Å². The zero-order valence-electron chi connectivity index (χ0n) is 11.1. The van der Waals surface area contributed by atoms with Gasteiger partial charge in [-0.3, -0.25) is 14.6 Å². The van der Waals surface area contributed by atoms with Crippen molar-refractivity contribution in [2.24, 2.45) is 0 Å². The normalized spacial score (nSPS) is 10.1. The van der Waals surface area contributed by atoms with E-state index in [-0.39, 0.29) is 24.3 Å². The Labute approximate surface area is 121 Å². The average Bonchev–Trinajstić information content (AvgIpc) is 2.48. The van der Waals surface area contributed by atoms with Crippen molar-refractivity contribution in [3.05, 3.63) is 54.4 Å². The van der Waals surface area contributed by atoms with E-state index in [2.05, 4.69) is 4.98 Å². The van der Waals surface area contributed by atoms with Gasteiger partial charge in [-0.1, -0.05) is 18.2 Å². The van der Waals surface area contributed by atoms with Gasteiger partial charge in [0.2, 0.25) is 0 Å². The fourth-order valence-electron chi connectivity index (χ4n) is 1.88. The summed E-state index contributed by atoms with van der Waals surface area (Å²) in [6, 6.07) is 10.1. The Hall–Kier alpha value is -2.89. The monoisotopic (exact) mass is 286 g/mol. The molecule has 0 radical (unpaired) electrons. The fourth-order valence-corrected chi connectivity index (χ4v) is 1.88. The first-order valence-electron chi connectivity index (χ1n) is 6.31. The molecule has 1 aromatic carbocycles. The van der Waals surface area contributed by atoms with Crippen molar-refractivity contribution >= 4 is 17.6 Å². The van der Waals surface area contributed by atoms with Crippen molar-refractivity contribution in [3.8, 4) is 5.75 Å². The minimum absolute atomic E-state index is 0.0138. The van der Waals surface area contributed by atoms with Gasteiger partial charge in [-0.2, -0.15) is 0 Å². The van der Waals surface area contributed by atoms with Gasteiger partial charge in [0.25, 0.3) is 5.91 Å². The van der Waals surface area contributed by atoms with Crippen LogP contribution in [-0.4, -0.2) is 33.6 Å². The number of hydrogen-bond acceptors (Lipinski definition) is 4. The number of benzene rings is 1. The first kappa shape index (κ1) is 14.5. The Morgan fingerprint density at radius 3 is 2.48 bits per heavy atom. The van der Waals surface area contributed by atoms with Gasteiger partial charge in [-0.25, -0.2) is 0 Å². The largest absolute Gasteiger partial charge is 0.505 e. The Kier molecular flexibility index (Phi) is 4.50. The van der Waals surface area contributed by atoms with Crippen molar-refractivity contribution < 1.29 is 19.8 Å². The standard InChI is InChI=1S/C15H14N2O4/c18-13-10-16-8-6-12(13)15(21)17(9-7-14(19)20)11-4-2-1-3-5-11/h1-6,8,10,18H,7,9H2,(H,19,20). The predicted molar refractivity (Wildman–Crippen MR) is 76.3 cm³/mol. The van der Waals surface area contributed by atoms with Gasteiger partial charge >= 0.3 is 5.97 Å². The molecule has 1 heterocycles. The van der Waals surface area contributed by atoms with Crippen molar-refractivity contribution in [1.82, 2.24) is 4.98 Å². The number of carbonyl (C=O) groups excluding carboxylic acids is 1. The first-order valence-corrected chi connectivity index (χ1v) is 6.31. The maximum absolute atomic E-state index is 12.5. The highest BCUT2D eigenvalue weighted by molar-refractivity contribution is 6.07. The van der Waals surface area contributed by atoms with Gasteiger partial charge in [-0.05, 0) is 18.2 Å². The van der Waals surface area contributed by atoms with E-state index in [1.54, 1.807) is 30.3 Å². The van der Waals surface area contributed by atoms with E-state index >= 15 is 0 Å². The van der Waals surface area contributed by atoms with E-state index in [0.29, 0.717) is 5.69 Å². The zero-order valence-corrected chi connectivity index (χ0v) is 11.1. The quantitative estimate of drug-likeness (QED) is 0.876. The number of hydrogen-bond donors (Lipinski definition) is 2. The Morgan fingerprint density at radius 2 is 1.86 bits per heavy atom. The molecule has 6 nitrogen and oxygen atoms in total. The van der Waals surface area contributed by atoms with E-state index in [1.807, 2.05) is 0 Å². The van der Waals surface area contributed by atoms with Crippen molar-refractivity contribution in [1.29, 1.82) is 0 Å². The molecule has 21 heavy (non-hydrogen) atoms. The minimum Gasteiger partial charge on any atom is -0.505 e. The number of aromatic nitrogens is 1. The number of aliphatic carboxylic acids is 1. The summed E-state index contributed by atoms with van der Waals surface area (Å²) in [6.07, 6.45) is 2.38. The van der Waals surface area contributed by atoms with Gasteiger partial charge in [0, 0.05) is 18.4 Å². The molecule has 0 bridgehead atoms. The van der Waals surface area contributed by atoms with Gasteiger partial charge in [-0.15, -0.1) is 0 Å². The number of rotatable bonds is 5. The number of carboxylic acid groups (broad SMARTS) is 1. The van der Waals surface area contributed by atoms with Crippen LogP contribution in [0.2, 0.25) is 0 Å². The van der Waals surface area contributed by atoms with Crippen LogP contribution in [0.5, 0.6) is 5.75 Å². The molecule has 2 N–H and O–H groups in total. The van der Waals surface area contributed by atoms with Crippen molar-refractivity contribution in [2.75, 3.05) is 11.4 Å². The van der Waals surface area contributed by atoms with Gasteiger partial charge < -0.3 is 15.1 Å². The molecular weight excluding hydrogens is 272 g/mol. The highest BCUT2D eigenvalue weighted by atomic mass is 16.4. The highest BCUT2D eigenvalue weighted by Crippen LogP contribution is 2.21. The average molecular weight is 286 g/mol. The van der Waals surface area contributed by atoms with Gasteiger partial charge in [0.1, 0.15) is 5.75 Å². The maximum atomic E-state index is 12.5. The fraction of sp³-hybridized carbons (Fsp3) is 0.133. The summed E-state index contributed by atoms with van der Waals surface area (Å²) in [5.41, 5.74) is 0.652. The number of nitrogens with zero attached hydrogens (tertiary/aromatic N) is 2. The second kappa shape index (κ2) is 6.51. The van der Waals surface area contributed by atoms with E-state index < -0.39 is 11.9 Å². The maximum Gasteiger partial charge on any atom is 0.305 e. The Morgan fingerprint density at radius 1 is 1.14 bits per heavy atom.